The number of ether oxygens (including phenoxy) is 1. The lowest BCUT2D eigenvalue weighted by Gasteiger charge is -2.34. The number of nitrogens with zero attached hydrogens (tertiary/aromatic N) is 2. The van der Waals surface area contributed by atoms with Crippen LogP contribution in [-0.2, 0) is 32.6 Å². The molecule has 0 aliphatic heterocycles. The van der Waals surface area contributed by atoms with E-state index in [9.17, 15) is 22.4 Å². The van der Waals surface area contributed by atoms with E-state index in [2.05, 4.69) is 5.32 Å². The number of rotatable bonds is 13. The summed E-state index contributed by atoms with van der Waals surface area (Å²) in [4.78, 5) is 29.0. The van der Waals surface area contributed by atoms with Crippen LogP contribution >= 0.6 is 11.6 Å². The molecule has 2 amide bonds. The van der Waals surface area contributed by atoms with Gasteiger partial charge in [-0.2, -0.15) is 0 Å². The number of likely N-dealkylation sites (N-methyl/N-ethyl adjacent to an activating group) is 1. The molecule has 0 bridgehead atoms. The summed E-state index contributed by atoms with van der Waals surface area (Å²) in [6, 6.07) is 26.0. The first-order chi connectivity index (χ1) is 21.1. The maximum absolute atomic E-state index is 14.9. The first-order valence-electron chi connectivity index (χ1n) is 13.9. The molecule has 0 aliphatic carbocycles. The summed E-state index contributed by atoms with van der Waals surface area (Å²) >= 11 is 6.37. The number of benzene rings is 4. The van der Waals surface area contributed by atoms with Gasteiger partial charge in [-0.15, -0.1) is 0 Å². The van der Waals surface area contributed by atoms with Crippen molar-refractivity contribution >= 4 is 39.1 Å². The zero-order valence-corrected chi connectivity index (χ0v) is 25.9. The van der Waals surface area contributed by atoms with Crippen LogP contribution in [-0.4, -0.2) is 51.4 Å². The molecule has 0 aliphatic rings. The van der Waals surface area contributed by atoms with Gasteiger partial charge in [-0.3, -0.25) is 13.9 Å². The number of nitrogens with one attached hydrogen (secondary N) is 1. The van der Waals surface area contributed by atoms with Crippen LogP contribution in [0.15, 0.2) is 108 Å². The molecule has 0 unspecified atom stereocenters. The van der Waals surface area contributed by atoms with Crippen LogP contribution in [0.1, 0.15) is 18.1 Å². The van der Waals surface area contributed by atoms with Crippen molar-refractivity contribution in [1.29, 1.82) is 0 Å². The average molecular weight is 638 g/mol. The zero-order valence-electron chi connectivity index (χ0n) is 24.3. The summed E-state index contributed by atoms with van der Waals surface area (Å²) in [7, 11) is -2.88. The van der Waals surface area contributed by atoms with Gasteiger partial charge >= 0.3 is 0 Å². The Kier molecular flexibility index (Phi) is 11.0. The highest BCUT2D eigenvalue weighted by Crippen LogP contribution is 2.32. The lowest BCUT2D eigenvalue weighted by atomic mass is 10.0. The largest absolute Gasteiger partial charge is 0.495 e. The van der Waals surface area contributed by atoms with Gasteiger partial charge in [0.2, 0.25) is 11.8 Å². The number of sulfonamides is 1. The lowest BCUT2D eigenvalue weighted by Crippen LogP contribution is -2.53. The standard InChI is InChI=1S/C33H33ClFN3O5S/c1-3-36-33(40)30(20-24-12-6-4-7-13-24)37(22-25-14-10-11-17-29(25)35)32(39)23-38(26-18-19-31(43-2)28(34)21-26)44(41,42)27-15-8-5-9-16-27/h4-19,21,30H,3,20,22-23H2,1-2H3,(H,36,40)/t30-/m0/s1. The number of anilines is 1. The third-order valence-electron chi connectivity index (χ3n) is 6.95. The topological polar surface area (TPSA) is 96.0 Å². The number of methoxy groups -OCH3 is 1. The monoisotopic (exact) mass is 637 g/mol. The molecular formula is C33H33ClFN3O5S. The Morgan fingerprint density at radius 3 is 2.18 bits per heavy atom. The fourth-order valence-corrected chi connectivity index (χ4v) is 6.39. The minimum atomic E-state index is -4.30. The maximum atomic E-state index is 14.9. The molecule has 0 fully saturated rings. The van der Waals surface area contributed by atoms with Crippen molar-refractivity contribution in [2.75, 3.05) is 24.5 Å². The van der Waals surface area contributed by atoms with Crippen molar-refractivity contribution in [1.82, 2.24) is 10.2 Å². The smallest absolute Gasteiger partial charge is 0.264 e. The zero-order chi connectivity index (χ0) is 31.7. The quantitative estimate of drug-likeness (QED) is 0.210. The van der Waals surface area contributed by atoms with Gasteiger partial charge in [0.15, 0.2) is 0 Å². The van der Waals surface area contributed by atoms with E-state index < -0.39 is 40.2 Å². The lowest BCUT2D eigenvalue weighted by molar-refractivity contribution is -0.140. The fraction of sp³-hybridized carbons (Fsp3) is 0.212. The summed E-state index contributed by atoms with van der Waals surface area (Å²) in [6.45, 7) is 1.08. The number of carbonyl (C=O) groups is 2. The Morgan fingerprint density at radius 2 is 1.57 bits per heavy atom. The van der Waals surface area contributed by atoms with Crippen LogP contribution in [0.25, 0.3) is 0 Å². The maximum Gasteiger partial charge on any atom is 0.264 e. The highest BCUT2D eigenvalue weighted by Gasteiger charge is 2.35. The van der Waals surface area contributed by atoms with E-state index in [1.807, 2.05) is 30.3 Å². The number of amides is 2. The molecule has 0 saturated carbocycles. The molecule has 8 nitrogen and oxygen atoms in total. The molecule has 0 spiro atoms. The van der Waals surface area contributed by atoms with Gasteiger partial charge in [0, 0.05) is 25.1 Å². The van der Waals surface area contributed by atoms with E-state index >= 15 is 0 Å². The molecule has 44 heavy (non-hydrogen) atoms. The molecule has 0 saturated heterocycles. The summed E-state index contributed by atoms with van der Waals surface area (Å²) in [5, 5.41) is 2.91. The molecule has 4 rings (SSSR count). The van der Waals surface area contributed by atoms with Crippen molar-refractivity contribution in [2.45, 2.75) is 30.8 Å². The first kappa shape index (κ1) is 32.5. The summed E-state index contributed by atoms with van der Waals surface area (Å²) in [6.07, 6.45) is 0.118. The Bertz CT molecular complexity index is 1690. The molecule has 0 aromatic heterocycles. The molecule has 11 heteroatoms. The molecular weight excluding hydrogens is 605 g/mol. The van der Waals surface area contributed by atoms with Crippen LogP contribution in [0, 0.1) is 5.82 Å². The number of carbonyl (C=O) groups excluding carboxylic acids is 2. The Balaban J connectivity index is 1.82. The molecule has 4 aromatic carbocycles. The van der Waals surface area contributed by atoms with Gasteiger partial charge in [0.1, 0.15) is 24.2 Å². The van der Waals surface area contributed by atoms with Crippen molar-refractivity contribution < 1.29 is 27.1 Å². The van der Waals surface area contributed by atoms with Gasteiger partial charge in [-0.25, -0.2) is 12.8 Å². The second-order valence-corrected chi connectivity index (χ2v) is 12.1. The van der Waals surface area contributed by atoms with Gasteiger partial charge in [-0.05, 0) is 48.9 Å². The van der Waals surface area contributed by atoms with Crippen molar-refractivity contribution in [2.24, 2.45) is 0 Å². The van der Waals surface area contributed by atoms with Gasteiger partial charge in [-0.1, -0.05) is 78.3 Å². The Labute approximate surface area is 262 Å². The van der Waals surface area contributed by atoms with E-state index in [4.69, 9.17) is 16.3 Å². The highest BCUT2D eigenvalue weighted by molar-refractivity contribution is 7.92. The second kappa shape index (κ2) is 14.9. The molecule has 4 aromatic rings. The van der Waals surface area contributed by atoms with Crippen LogP contribution in [0.3, 0.4) is 0 Å². The van der Waals surface area contributed by atoms with Crippen LogP contribution < -0.4 is 14.4 Å². The molecule has 0 radical (unpaired) electrons. The molecule has 230 valence electrons. The SMILES string of the molecule is CCNC(=O)[C@H](Cc1ccccc1)N(Cc1ccccc1F)C(=O)CN(c1ccc(OC)c(Cl)c1)S(=O)(=O)c1ccccc1. The Hall–Kier alpha value is -4.41. The summed E-state index contributed by atoms with van der Waals surface area (Å²) < 4.78 is 49.1. The first-order valence-corrected chi connectivity index (χ1v) is 15.7. The second-order valence-electron chi connectivity index (χ2n) is 9.86. The normalized spacial score (nSPS) is 11.8. The predicted molar refractivity (Wildman–Crippen MR) is 169 cm³/mol. The van der Waals surface area contributed by atoms with Crippen LogP contribution in [0.2, 0.25) is 5.02 Å². The third kappa shape index (κ3) is 7.75. The minimum Gasteiger partial charge on any atom is -0.495 e. The number of halogens is 2. The van der Waals surface area contributed by atoms with Gasteiger partial charge in [0.05, 0.1) is 22.7 Å². The molecule has 1 N–H and O–H groups in total. The van der Waals surface area contributed by atoms with Crippen molar-refractivity contribution in [3.63, 3.8) is 0 Å². The molecule has 0 heterocycles. The van der Waals surface area contributed by atoms with E-state index in [1.54, 1.807) is 31.2 Å². The molecule has 1 atom stereocenters. The fourth-order valence-electron chi connectivity index (χ4n) is 4.71. The summed E-state index contributed by atoms with van der Waals surface area (Å²) in [5.41, 5.74) is 1.05. The summed E-state index contributed by atoms with van der Waals surface area (Å²) in [5.74, 6) is -1.41. The van der Waals surface area contributed by atoms with E-state index in [-0.39, 0.29) is 34.1 Å². The number of hydrogen-bond acceptors (Lipinski definition) is 5. The predicted octanol–water partition coefficient (Wildman–Crippen LogP) is 5.46. The third-order valence-corrected chi connectivity index (χ3v) is 9.04. The average Bonchev–Trinajstić information content (AvgIpc) is 3.03. The van der Waals surface area contributed by atoms with E-state index in [0.29, 0.717) is 12.3 Å². The van der Waals surface area contributed by atoms with Crippen LogP contribution in [0.4, 0.5) is 10.1 Å². The Morgan fingerprint density at radius 1 is 0.932 bits per heavy atom. The van der Waals surface area contributed by atoms with Crippen molar-refractivity contribution in [3.8, 4) is 5.75 Å². The van der Waals surface area contributed by atoms with Crippen molar-refractivity contribution in [3.05, 3.63) is 125 Å². The minimum absolute atomic E-state index is 0.0510. The van der Waals surface area contributed by atoms with Gasteiger partial charge < -0.3 is 15.0 Å². The van der Waals surface area contributed by atoms with E-state index in [1.165, 1.54) is 60.5 Å². The van der Waals surface area contributed by atoms with E-state index in [0.717, 1.165) is 9.87 Å². The van der Waals surface area contributed by atoms with Crippen LogP contribution in [0.5, 0.6) is 5.75 Å². The number of hydrogen-bond donors (Lipinski definition) is 1. The van der Waals surface area contributed by atoms with Gasteiger partial charge in [0.25, 0.3) is 10.0 Å². The highest BCUT2D eigenvalue weighted by atomic mass is 35.5.